The minimum absolute atomic E-state index is 0.0881. The normalized spacial score (nSPS) is 10.8. The molecule has 1 amide bonds. The Labute approximate surface area is 139 Å². The summed E-state index contributed by atoms with van der Waals surface area (Å²) in [4.78, 5) is 16.8. The summed E-state index contributed by atoms with van der Waals surface area (Å²) in [6, 6.07) is 9.35. The third kappa shape index (κ3) is 2.84. The van der Waals surface area contributed by atoms with Gasteiger partial charge in [-0.25, -0.2) is 4.98 Å². The number of anilines is 1. The topological polar surface area (TPSA) is 94.5 Å². The number of nitrogens with one attached hydrogen (secondary N) is 2. The molecule has 24 heavy (non-hydrogen) atoms. The van der Waals surface area contributed by atoms with Crippen molar-refractivity contribution < 1.29 is 4.79 Å². The molecular formula is C18H17N5O. The number of aryl methyl sites for hydroxylation is 1. The van der Waals surface area contributed by atoms with Gasteiger partial charge in [-0.15, -0.1) is 0 Å². The van der Waals surface area contributed by atoms with E-state index in [1.54, 1.807) is 6.07 Å². The highest BCUT2D eigenvalue weighted by atomic mass is 16.1. The van der Waals surface area contributed by atoms with Crippen LogP contribution in [0.3, 0.4) is 0 Å². The predicted octanol–water partition coefficient (Wildman–Crippen LogP) is 3.51. The van der Waals surface area contributed by atoms with Crippen molar-refractivity contribution in [2.24, 2.45) is 0 Å². The van der Waals surface area contributed by atoms with E-state index in [0.717, 1.165) is 22.2 Å². The second-order valence-corrected chi connectivity index (χ2v) is 5.95. The van der Waals surface area contributed by atoms with E-state index in [0.29, 0.717) is 16.9 Å². The van der Waals surface area contributed by atoms with E-state index in [9.17, 15) is 4.79 Å². The molecule has 0 saturated heterocycles. The maximum absolute atomic E-state index is 12.6. The van der Waals surface area contributed by atoms with E-state index in [2.05, 4.69) is 26.6 Å². The fourth-order valence-corrected chi connectivity index (χ4v) is 2.59. The lowest BCUT2D eigenvalue weighted by atomic mass is 9.99. The summed E-state index contributed by atoms with van der Waals surface area (Å²) >= 11 is 0. The van der Waals surface area contributed by atoms with Crippen molar-refractivity contribution >= 4 is 22.5 Å². The van der Waals surface area contributed by atoms with Gasteiger partial charge in [0.2, 0.25) is 0 Å². The lowest BCUT2D eigenvalue weighted by Crippen LogP contribution is -2.17. The second-order valence-electron chi connectivity index (χ2n) is 5.95. The molecule has 2 heterocycles. The first-order chi connectivity index (χ1) is 11.5. The number of carbonyl (C=O) groups excluding carboxylic acids is 1. The van der Waals surface area contributed by atoms with Crippen LogP contribution in [0.2, 0.25) is 0 Å². The molecule has 0 bridgehead atoms. The van der Waals surface area contributed by atoms with Crippen molar-refractivity contribution in [2.75, 3.05) is 5.32 Å². The monoisotopic (exact) mass is 319 g/mol. The van der Waals surface area contributed by atoms with Gasteiger partial charge in [-0.3, -0.25) is 9.89 Å². The molecular weight excluding hydrogens is 302 g/mol. The summed E-state index contributed by atoms with van der Waals surface area (Å²) in [5.41, 5.74) is 4.02. The van der Waals surface area contributed by atoms with Crippen LogP contribution >= 0.6 is 0 Å². The fourth-order valence-electron chi connectivity index (χ4n) is 2.59. The molecule has 0 aliphatic rings. The molecule has 0 fully saturated rings. The Morgan fingerprint density at radius 3 is 2.83 bits per heavy atom. The van der Waals surface area contributed by atoms with Crippen molar-refractivity contribution in [2.45, 2.75) is 26.7 Å². The zero-order chi connectivity index (χ0) is 17.3. The molecule has 0 atom stereocenters. The number of rotatable bonds is 3. The van der Waals surface area contributed by atoms with Crippen LogP contribution < -0.4 is 5.32 Å². The Balaban J connectivity index is 1.94. The van der Waals surface area contributed by atoms with E-state index >= 15 is 0 Å². The van der Waals surface area contributed by atoms with E-state index in [-0.39, 0.29) is 11.8 Å². The minimum Gasteiger partial charge on any atom is -0.321 e. The number of fused-ring (bicyclic) bond motifs is 1. The van der Waals surface area contributed by atoms with Crippen molar-refractivity contribution in [1.82, 2.24) is 15.2 Å². The lowest BCUT2D eigenvalue weighted by molar-refractivity contribution is 0.102. The molecule has 0 spiro atoms. The number of pyridine rings is 1. The zero-order valence-electron chi connectivity index (χ0n) is 13.7. The highest BCUT2D eigenvalue weighted by Gasteiger charge is 2.17. The molecule has 6 heteroatoms. The van der Waals surface area contributed by atoms with Crippen LogP contribution in [0, 0.1) is 18.3 Å². The van der Waals surface area contributed by atoms with E-state index < -0.39 is 0 Å². The smallest absolute Gasteiger partial charge is 0.274 e. The zero-order valence-corrected chi connectivity index (χ0v) is 13.7. The van der Waals surface area contributed by atoms with Crippen LogP contribution in [0.25, 0.3) is 10.9 Å². The first-order valence-corrected chi connectivity index (χ1v) is 7.65. The van der Waals surface area contributed by atoms with Gasteiger partial charge in [0, 0.05) is 17.3 Å². The average molecular weight is 319 g/mol. The van der Waals surface area contributed by atoms with Gasteiger partial charge in [-0.1, -0.05) is 13.8 Å². The number of hydrogen-bond acceptors (Lipinski definition) is 4. The molecule has 6 nitrogen and oxygen atoms in total. The Kier molecular flexibility index (Phi) is 4.00. The van der Waals surface area contributed by atoms with Gasteiger partial charge in [0.05, 0.1) is 16.8 Å². The average Bonchev–Trinajstić information content (AvgIpc) is 2.95. The standard InChI is InChI=1S/C18H17N5O/c1-10(2)14-6-12(8-19)9-20-17(14)18(24)21-13-4-5-16-15(7-13)11(3)22-23-16/h4-7,9-10H,1-3H3,(H,21,24)(H,22,23). The van der Waals surface area contributed by atoms with Crippen LogP contribution in [0.5, 0.6) is 0 Å². The van der Waals surface area contributed by atoms with Gasteiger partial charge in [0.25, 0.3) is 5.91 Å². The van der Waals surface area contributed by atoms with E-state index in [4.69, 9.17) is 5.26 Å². The highest BCUT2D eigenvalue weighted by molar-refractivity contribution is 6.05. The van der Waals surface area contributed by atoms with Gasteiger partial charge < -0.3 is 5.32 Å². The largest absolute Gasteiger partial charge is 0.321 e. The van der Waals surface area contributed by atoms with Crippen molar-refractivity contribution in [3.05, 3.63) is 53.0 Å². The van der Waals surface area contributed by atoms with Crippen LogP contribution in [-0.4, -0.2) is 21.1 Å². The number of H-pyrrole nitrogens is 1. The summed E-state index contributed by atoms with van der Waals surface area (Å²) in [6.45, 7) is 5.84. The van der Waals surface area contributed by atoms with Gasteiger partial charge in [-0.05, 0) is 42.7 Å². The Morgan fingerprint density at radius 1 is 1.33 bits per heavy atom. The summed E-state index contributed by atoms with van der Waals surface area (Å²) in [5, 5.41) is 19.9. The summed E-state index contributed by atoms with van der Waals surface area (Å²) < 4.78 is 0. The van der Waals surface area contributed by atoms with Crippen molar-refractivity contribution in [3.8, 4) is 6.07 Å². The first-order valence-electron chi connectivity index (χ1n) is 7.65. The van der Waals surface area contributed by atoms with Gasteiger partial charge in [0.15, 0.2) is 0 Å². The Bertz CT molecular complexity index is 965. The van der Waals surface area contributed by atoms with Crippen LogP contribution in [0.4, 0.5) is 5.69 Å². The number of nitrogens with zero attached hydrogens (tertiary/aromatic N) is 3. The third-order valence-electron chi connectivity index (χ3n) is 3.89. The number of aromatic nitrogens is 3. The number of aromatic amines is 1. The second kappa shape index (κ2) is 6.13. The number of nitriles is 1. The maximum Gasteiger partial charge on any atom is 0.274 e. The summed E-state index contributed by atoms with van der Waals surface area (Å²) in [6.07, 6.45) is 1.42. The highest BCUT2D eigenvalue weighted by Crippen LogP contribution is 2.23. The predicted molar refractivity (Wildman–Crippen MR) is 91.8 cm³/mol. The molecule has 0 saturated carbocycles. The lowest BCUT2D eigenvalue weighted by Gasteiger charge is -2.12. The fraction of sp³-hybridized carbons (Fsp3) is 0.222. The SMILES string of the molecule is Cc1n[nH]c2ccc(NC(=O)c3ncc(C#N)cc3C(C)C)cc12. The molecule has 120 valence electrons. The molecule has 2 aromatic heterocycles. The van der Waals surface area contributed by atoms with E-state index in [1.807, 2.05) is 39.0 Å². The maximum atomic E-state index is 12.6. The Morgan fingerprint density at radius 2 is 2.12 bits per heavy atom. The molecule has 0 radical (unpaired) electrons. The van der Waals surface area contributed by atoms with Crippen molar-refractivity contribution in [3.63, 3.8) is 0 Å². The first kappa shape index (κ1) is 15.7. The van der Waals surface area contributed by atoms with Crippen LogP contribution in [0.1, 0.15) is 47.1 Å². The van der Waals surface area contributed by atoms with Gasteiger partial charge in [0.1, 0.15) is 11.8 Å². The molecule has 0 unspecified atom stereocenters. The quantitative estimate of drug-likeness (QED) is 0.772. The van der Waals surface area contributed by atoms with Crippen molar-refractivity contribution in [1.29, 1.82) is 5.26 Å². The molecule has 2 N–H and O–H groups in total. The number of hydrogen-bond donors (Lipinski definition) is 2. The van der Waals surface area contributed by atoms with E-state index in [1.165, 1.54) is 6.20 Å². The summed E-state index contributed by atoms with van der Waals surface area (Å²) in [7, 11) is 0. The van der Waals surface area contributed by atoms with Gasteiger partial charge in [-0.2, -0.15) is 10.4 Å². The number of amides is 1. The molecule has 3 aromatic rings. The molecule has 0 aliphatic carbocycles. The molecule has 1 aromatic carbocycles. The third-order valence-corrected chi connectivity index (χ3v) is 3.89. The van der Waals surface area contributed by atoms with Crippen LogP contribution in [-0.2, 0) is 0 Å². The Hall–Kier alpha value is -3.20. The van der Waals surface area contributed by atoms with Crippen LogP contribution in [0.15, 0.2) is 30.5 Å². The number of carbonyl (C=O) groups is 1. The number of benzene rings is 1. The molecule has 0 aliphatic heterocycles. The minimum atomic E-state index is -0.288. The summed E-state index contributed by atoms with van der Waals surface area (Å²) in [5.74, 6) is -0.200. The molecule has 3 rings (SSSR count). The van der Waals surface area contributed by atoms with Gasteiger partial charge >= 0.3 is 0 Å².